The van der Waals surface area contributed by atoms with Crippen LogP contribution in [-0.4, -0.2) is 37.6 Å². The Balaban J connectivity index is 1.86. The molecule has 0 bridgehead atoms. The largest absolute Gasteiger partial charge is 0.310 e. The molecular formula is C11H10N6O3. The van der Waals surface area contributed by atoms with E-state index in [-0.39, 0.29) is 18.1 Å². The van der Waals surface area contributed by atoms with Gasteiger partial charge in [-0.2, -0.15) is 0 Å². The third kappa shape index (κ3) is 2.09. The van der Waals surface area contributed by atoms with Crippen molar-refractivity contribution in [2.75, 3.05) is 11.4 Å². The minimum Gasteiger partial charge on any atom is -0.310 e. The van der Waals surface area contributed by atoms with Gasteiger partial charge in [0, 0.05) is 18.7 Å². The molecule has 1 aliphatic rings. The van der Waals surface area contributed by atoms with Crippen LogP contribution in [-0.2, 0) is 17.8 Å². The van der Waals surface area contributed by atoms with Crippen LogP contribution in [0.3, 0.4) is 0 Å². The Kier molecular flexibility index (Phi) is 2.86. The SMILES string of the molecule is O=C(Cn1cnnn1)N1CCc2ccc([N+](=O)[O-])cc21. The Labute approximate surface area is 113 Å². The summed E-state index contributed by atoms with van der Waals surface area (Å²) in [5.41, 5.74) is 1.50. The molecule has 0 saturated carbocycles. The number of aromatic nitrogens is 4. The average molecular weight is 274 g/mol. The van der Waals surface area contributed by atoms with Gasteiger partial charge in [0.05, 0.1) is 10.6 Å². The molecule has 3 rings (SSSR count). The summed E-state index contributed by atoms with van der Waals surface area (Å²) < 4.78 is 1.32. The minimum atomic E-state index is -0.470. The highest BCUT2D eigenvalue weighted by atomic mass is 16.6. The fraction of sp³-hybridized carbons (Fsp3) is 0.273. The third-order valence-corrected chi connectivity index (χ3v) is 3.17. The molecule has 2 aromatic rings. The van der Waals surface area contributed by atoms with Crippen LogP contribution in [0.2, 0.25) is 0 Å². The standard InChI is InChI=1S/C11H10N6O3/c18-11(6-15-7-12-13-14-15)16-4-3-8-1-2-9(17(19)20)5-10(8)16/h1-2,5,7H,3-4,6H2. The zero-order valence-corrected chi connectivity index (χ0v) is 10.3. The Morgan fingerprint density at radius 1 is 1.45 bits per heavy atom. The number of nitro groups is 1. The van der Waals surface area contributed by atoms with Crippen LogP contribution < -0.4 is 4.90 Å². The molecule has 2 heterocycles. The molecule has 9 heteroatoms. The zero-order chi connectivity index (χ0) is 14.1. The van der Waals surface area contributed by atoms with E-state index in [1.165, 1.54) is 28.0 Å². The van der Waals surface area contributed by atoms with E-state index < -0.39 is 4.92 Å². The predicted molar refractivity (Wildman–Crippen MR) is 67.0 cm³/mol. The molecule has 102 valence electrons. The number of amides is 1. The Morgan fingerprint density at radius 3 is 3.00 bits per heavy atom. The van der Waals surface area contributed by atoms with Gasteiger partial charge < -0.3 is 4.90 Å². The summed E-state index contributed by atoms with van der Waals surface area (Å²) in [6.07, 6.45) is 2.04. The third-order valence-electron chi connectivity index (χ3n) is 3.17. The van der Waals surface area contributed by atoms with Crippen LogP contribution in [0.15, 0.2) is 24.5 Å². The van der Waals surface area contributed by atoms with Crippen molar-refractivity contribution in [1.82, 2.24) is 20.2 Å². The van der Waals surface area contributed by atoms with Gasteiger partial charge in [0.15, 0.2) is 0 Å². The highest BCUT2D eigenvalue weighted by molar-refractivity contribution is 5.95. The number of tetrazole rings is 1. The lowest BCUT2D eigenvalue weighted by molar-refractivity contribution is -0.384. The molecule has 0 aliphatic carbocycles. The summed E-state index contributed by atoms with van der Waals surface area (Å²) in [5.74, 6) is -0.198. The van der Waals surface area contributed by atoms with E-state index in [9.17, 15) is 14.9 Å². The molecule has 9 nitrogen and oxygen atoms in total. The summed E-state index contributed by atoms with van der Waals surface area (Å²) in [4.78, 5) is 24.1. The summed E-state index contributed by atoms with van der Waals surface area (Å²) in [6.45, 7) is 0.520. The van der Waals surface area contributed by atoms with Crippen molar-refractivity contribution >= 4 is 17.3 Å². The molecule has 0 N–H and O–H groups in total. The molecule has 0 spiro atoms. The fourth-order valence-electron chi connectivity index (χ4n) is 2.22. The van der Waals surface area contributed by atoms with Gasteiger partial charge in [0.2, 0.25) is 5.91 Å². The summed E-state index contributed by atoms with van der Waals surface area (Å²) in [6, 6.07) is 4.58. The van der Waals surface area contributed by atoms with Gasteiger partial charge in [-0.25, -0.2) is 4.68 Å². The lowest BCUT2D eigenvalue weighted by Gasteiger charge is -2.16. The van der Waals surface area contributed by atoms with E-state index in [1.54, 1.807) is 6.07 Å². The van der Waals surface area contributed by atoms with Crippen molar-refractivity contribution in [1.29, 1.82) is 0 Å². The molecule has 0 radical (unpaired) electrons. The minimum absolute atomic E-state index is 0.00906. The van der Waals surface area contributed by atoms with Crippen molar-refractivity contribution in [3.05, 3.63) is 40.2 Å². The molecule has 0 unspecified atom stereocenters. The first-order valence-corrected chi connectivity index (χ1v) is 5.93. The van der Waals surface area contributed by atoms with Crippen LogP contribution in [0, 0.1) is 10.1 Å². The van der Waals surface area contributed by atoms with Crippen LogP contribution in [0.25, 0.3) is 0 Å². The molecule has 20 heavy (non-hydrogen) atoms. The van der Waals surface area contributed by atoms with E-state index in [0.717, 1.165) is 5.56 Å². The van der Waals surface area contributed by atoms with Crippen LogP contribution in [0.1, 0.15) is 5.56 Å². The highest BCUT2D eigenvalue weighted by Crippen LogP contribution is 2.31. The number of fused-ring (bicyclic) bond motifs is 1. The van der Waals surface area contributed by atoms with Crippen LogP contribution in [0.5, 0.6) is 0 Å². The Hall–Kier alpha value is -2.84. The monoisotopic (exact) mass is 274 g/mol. The number of carbonyl (C=O) groups excluding carboxylic acids is 1. The van der Waals surface area contributed by atoms with Crippen LogP contribution >= 0.6 is 0 Å². The van der Waals surface area contributed by atoms with Gasteiger partial charge in [-0.1, -0.05) is 6.07 Å². The van der Waals surface area contributed by atoms with Gasteiger partial charge in [-0.05, 0) is 22.4 Å². The normalized spacial score (nSPS) is 13.3. The summed E-state index contributed by atoms with van der Waals surface area (Å²) in [7, 11) is 0. The quantitative estimate of drug-likeness (QED) is 0.583. The van der Waals surface area contributed by atoms with Gasteiger partial charge >= 0.3 is 0 Å². The number of anilines is 1. The van der Waals surface area contributed by atoms with Crippen molar-refractivity contribution in [3.8, 4) is 0 Å². The zero-order valence-electron chi connectivity index (χ0n) is 10.3. The van der Waals surface area contributed by atoms with Gasteiger partial charge in [-0.3, -0.25) is 14.9 Å². The second-order valence-corrected chi connectivity index (χ2v) is 4.37. The fourth-order valence-corrected chi connectivity index (χ4v) is 2.22. The molecule has 1 aromatic heterocycles. The van der Waals surface area contributed by atoms with Crippen molar-refractivity contribution in [2.45, 2.75) is 13.0 Å². The topological polar surface area (TPSA) is 107 Å². The number of non-ortho nitro benzene ring substituents is 1. The first kappa shape index (κ1) is 12.2. The van der Waals surface area contributed by atoms with E-state index >= 15 is 0 Å². The van der Waals surface area contributed by atoms with E-state index in [2.05, 4.69) is 15.5 Å². The second-order valence-electron chi connectivity index (χ2n) is 4.37. The highest BCUT2D eigenvalue weighted by Gasteiger charge is 2.26. The van der Waals surface area contributed by atoms with Crippen molar-refractivity contribution < 1.29 is 9.72 Å². The lowest BCUT2D eigenvalue weighted by Crippen LogP contribution is -2.32. The number of hydrogen-bond donors (Lipinski definition) is 0. The maximum Gasteiger partial charge on any atom is 0.271 e. The number of hydrogen-bond acceptors (Lipinski definition) is 6. The first-order chi connectivity index (χ1) is 9.65. The van der Waals surface area contributed by atoms with Gasteiger partial charge in [0.1, 0.15) is 12.9 Å². The van der Waals surface area contributed by atoms with E-state index in [1.807, 2.05) is 0 Å². The smallest absolute Gasteiger partial charge is 0.271 e. The van der Waals surface area contributed by atoms with Gasteiger partial charge in [0.25, 0.3) is 5.69 Å². The molecule has 0 atom stereocenters. The van der Waals surface area contributed by atoms with Crippen LogP contribution in [0.4, 0.5) is 11.4 Å². The average Bonchev–Trinajstić information content (AvgIpc) is 3.06. The van der Waals surface area contributed by atoms with Crippen molar-refractivity contribution in [3.63, 3.8) is 0 Å². The van der Waals surface area contributed by atoms with E-state index in [4.69, 9.17) is 0 Å². The Morgan fingerprint density at radius 2 is 2.30 bits per heavy atom. The first-order valence-electron chi connectivity index (χ1n) is 5.93. The maximum absolute atomic E-state index is 12.2. The van der Waals surface area contributed by atoms with Crippen molar-refractivity contribution in [2.24, 2.45) is 0 Å². The Bertz CT molecular complexity index is 669. The number of nitro benzene ring substituents is 1. The molecule has 1 amide bonds. The maximum atomic E-state index is 12.2. The molecule has 1 aliphatic heterocycles. The molecule has 1 aromatic carbocycles. The van der Waals surface area contributed by atoms with Gasteiger partial charge in [-0.15, -0.1) is 5.10 Å². The lowest BCUT2D eigenvalue weighted by atomic mass is 10.1. The summed E-state index contributed by atoms with van der Waals surface area (Å²) >= 11 is 0. The summed E-state index contributed by atoms with van der Waals surface area (Å²) in [5, 5.41) is 21.3. The second kappa shape index (κ2) is 4.68. The number of rotatable bonds is 3. The molecule has 0 saturated heterocycles. The number of nitrogens with zero attached hydrogens (tertiary/aromatic N) is 6. The number of carbonyl (C=O) groups is 1. The molecular weight excluding hydrogens is 264 g/mol. The predicted octanol–water partition coefficient (Wildman–Crippen LogP) is 0.171. The van der Waals surface area contributed by atoms with E-state index in [0.29, 0.717) is 18.7 Å². The number of benzene rings is 1. The molecule has 0 fully saturated rings.